The summed E-state index contributed by atoms with van der Waals surface area (Å²) in [4.78, 5) is 22.8. The maximum Gasteiger partial charge on any atom is 0.407 e. The van der Waals surface area contributed by atoms with E-state index in [0.717, 1.165) is 12.8 Å². The third-order valence-electron chi connectivity index (χ3n) is 2.92. The van der Waals surface area contributed by atoms with Crippen molar-refractivity contribution in [3.8, 4) is 0 Å². The van der Waals surface area contributed by atoms with Crippen molar-refractivity contribution in [2.45, 2.75) is 44.8 Å². The first-order chi connectivity index (χ1) is 8.39. The normalized spacial score (nSPS) is 21.9. The fourth-order valence-corrected chi connectivity index (χ4v) is 1.70. The molecule has 0 aliphatic heterocycles. The number of hydrogen-bond donors (Lipinski definition) is 1. The Bertz CT molecular complexity index is 338. The van der Waals surface area contributed by atoms with E-state index in [1.807, 2.05) is 13.8 Å². The summed E-state index contributed by atoms with van der Waals surface area (Å²) in [6.45, 7) is 7.33. The van der Waals surface area contributed by atoms with Crippen LogP contribution in [0.1, 0.15) is 33.1 Å². The molecule has 1 aliphatic rings. The number of carbonyl (C=O) groups excluding carboxylic acids is 2. The molecule has 1 amide bonds. The molecule has 0 aromatic carbocycles. The number of ether oxygens (including phenoxy) is 2. The maximum atomic E-state index is 11.6. The molecular formula is C13H21NO4. The van der Waals surface area contributed by atoms with Crippen LogP contribution in [-0.4, -0.2) is 30.8 Å². The molecule has 1 fully saturated rings. The van der Waals surface area contributed by atoms with Gasteiger partial charge in [-0.2, -0.15) is 0 Å². The lowest BCUT2D eigenvalue weighted by Gasteiger charge is -2.24. The zero-order chi connectivity index (χ0) is 13.8. The Morgan fingerprint density at radius 1 is 1.50 bits per heavy atom. The van der Waals surface area contributed by atoms with Crippen molar-refractivity contribution < 1.29 is 19.1 Å². The maximum absolute atomic E-state index is 11.6. The number of esters is 1. The van der Waals surface area contributed by atoms with E-state index in [9.17, 15) is 9.59 Å². The summed E-state index contributed by atoms with van der Waals surface area (Å²) in [5.41, 5.74) is -0.534. The second-order valence-electron chi connectivity index (χ2n) is 5.09. The molecule has 0 aromatic rings. The molecule has 1 saturated carbocycles. The van der Waals surface area contributed by atoms with Crippen LogP contribution in [0.3, 0.4) is 0 Å². The molecule has 0 saturated heterocycles. The number of amides is 1. The number of allylic oxidation sites excluding steroid dienone is 1. The average molecular weight is 255 g/mol. The van der Waals surface area contributed by atoms with Crippen LogP contribution in [0.2, 0.25) is 0 Å². The first kappa shape index (κ1) is 14.5. The first-order valence-electron chi connectivity index (χ1n) is 6.08. The number of alkyl carbamates (subject to hydrolysis) is 1. The highest BCUT2D eigenvalue weighted by Gasteiger charge is 2.45. The van der Waals surface area contributed by atoms with Gasteiger partial charge in [0.25, 0.3) is 0 Å². The van der Waals surface area contributed by atoms with Gasteiger partial charge in [0.1, 0.15) is 5.60 Å². The van der Waals surface area contributed by atoms with Gasteiger partial charge in [-0.25, -0.2) is 4.79 Å². The Kier molecular flexibility index (Phi) is 4.76. The molecule has 0 spiro atoms. The molecule has 2 unspecified atom stereocenters. The fraction of sp³-hybridized carbons (Fsp3) is 0.692. The number of nitrogens with one attached hydrogen (secondary N) is 1. The van der Waals surface area contributed by atoms with Crippen LogP contribution in [0.25, 0.3) is 0 Å². The number of rotatable bonds is 6. The van der Waals surface area contributed by atoms with Crippen LogP contribution in [-0.2, 0) is 14.3 Å². The number of methoxy groups -OCH3 is 1. The lowest BCUT2D eigenvalue weighted by atomic mass is 10.0. The van der Waals surface area contributed by atoms with E-state index >= 15 is 0 Å². The van der Waals surface area contributed by atoms with Gasteiger partial charge in [0.15, 0.2) is 0 Å². The van der Waals surface area contributed by atoms with Gasteiger partial charge in [-0.3, -0.25) is 4.79 Å². The molecule has 0 bridgehead atoms. The van der Waals surface area contributed by atoms with E-state index < -0.39 is 11.7 Å². The van der Waals surface area contributed by atoms with E-state index in [1.54, 1.807) is 6.08 Å². The van der Waals surface area contributed by atoms with Crippen molar-refractivity contribution >= 4 is 12.1 Å². The van der Waals surface area contributed by atoms with Gasteiger partial charge in [0, 0.05) is 6.04 Å². The van der Waals surface area contributed by atoms with E-state index in [0.29, 0.717) is 6.42 Å². The van der Waals surface area contributed by atoms with Crippen LogP contribution < -0.4 is 5.32 Å². The Morgan fingerprint density at radius 3 is 2.72 bits per heavy atom. The van der Waals surface area contributed by atoms with Crippen molar-refractivity contribution in [3.05, 3.63) is 12.7 Å². The summed E-state index contributed by atoms with van der Waals surface area (Å²) in [5, 5.41) is 2.66. The van der Waals surface area contributed by atoms with Crippen molar-refractivity contribution in [2.24, 2.45) is 5.92 Å². The van der Waals surface area contributed by atoms with Gasteiger partial charge in [0.05, 0.1) is 13.0 Å². The smallest absolute Gasteiger partial charge is 0.407 e. The predicted molar refractivity (Wildman–Crippen MR) is 67.0 cm³/mol. The molecule has 0 heterocycles. The van der Waals surface area contributed by atoms with E-state index in [2.05, 4.69) is 16.6 Å². The van der Waals surface area contributed by atoms with Gasteiger partial charge in [-0.05, 0) is 33.1 Å². The molecular weight excluding hydrogens is 234 g/mol. The van der Waals surface area contributed by atoms with Gasteiger partial charge >= 0.3 is 12.1 Å². The highest BCUT2D eigenvalue weighted by Crippen LogP contribution is 2.31. The van der Waals surface area contributed by atoms with Crippen LogP contribution in [0.4, 0.5) is 4.79 Å². The van der Waals surface area contributed by atoms with Crippen molar-refractivity contribution in [1.82, 2.24) is 5.32 Å². The largest absolute Gasteiger partial charge is 0.469 e. The Morgan fingerprint density at radius 2 is 2.17 bits per heavy atom. The van der Waals surface area contributed by atoms with E-state index in [1.165, 1.54) is 7.11 Å². The second kappa shape index (κ2) is 5.89. The summed E-state index contributed by atoms with van der Waals surface area (Å²) < 4.78 is 9.90. The molecule has 102 valence electrons. The standard InChI is InChI=1S/C13H21NO4/c1-5-6-7-13(2,3)18-12(16)14-10-8-9(10)11(15)17-4/h5,9-10H,1,6-8H2,2-4H3,(H,14,16). The predicted octanol–water partition coefficient (Wildman–Crippen LogP) is 2.02. The molecule has 1 aliphatic carbocycles. The minimum atomic E-state index is -0.534. The van der Waals surface area contributed by atoms with Gasteiger partial charge in [0.2, 0.25) is 0 Å². The summed E-state index contributed by atoms with van der Waals surface area (Å²) in [6.07, 6.45) is 3.43. The first-order valence-corrected chi connectivity index (χ1v) is 6.08. The summed E-state index contributed by atoms with van der Waals surface area (Å²) in [5.74, 6) is -0.509. The zero-order valence-electron chi connectivity index (χ0n) is 11.2. The monoisotopic (exact) mass is 255 g/mol. The minimum absolute atomic E-state index is 0.153. The second-order valence-corrected chi connectivity index (χ2v) is 5.09. The van der Waals surface area contributed by atoms with Crippen molar-refractivity contribution in [1.29, 1.82) is 0 Å². The van der Waals surface area contributed by atoms with E-state index in [-0.39, 0.29) is 17.9 Å². The van der Waals surface area contributed by atoms with Crippen LogP contribution in [0, 0.1) is 5.92 Å². The Balaban J connectivity index is 2.30. The summed E-state index contributed by atoms with van der Waals surface area (Å²) in [7, 11) is 1.34. The molecule has 0 aromatic heterocycles. The fourth-order valence-electron chi connectivity index (χ4n) is 1.70. The van der Waals surface area contributed by atoms with Gasteiger partial charge in [-0.15, -0.1) is 6.58 Å². The topological polar surface area (TPSA) is 64.6 Å². The van der Waals surface area contributed by atoms with Gasteiger partial charge in [-0.1, -0.05) is 6.08 Å². The lowest BCUT2D eigenvalue weighted by molar-refractivity contribution is -0.142. The molecule has 2 atom stereocenters. The van der Waals surface area contributed by atoms with Crippen molar-refractivity contribution in [2.75, 3.05) is 7.11 Å². The third-order valence-corrected chi connectivity index (χ3v) is 2.92. The molecule has 18 heavy (non-hydrogen) atoms. The lowest BCUT2D eigenvalue weighted by Crippen LogP contribution is -2.36. The Labute approximate surface area is 108 Å². The molecule has 5 heteroatoms. The number of carbonyl (C=O) groups is 2. The molecule has 1 rings (SSSR count). The Hall–Kier alpha value is -1.52. The molecule has 0 radical (unpaired) electrons. The zero-order valence-corrected chi connectivity index (χ0v) is 11.2. The van der Waals surface area contributed by atoms with Crippen LogP contribution >= 0.6 is 0 Å². The number of hydrogen-bond acceptors (Lipinski definition) is 4. The molecule has 5 nitrogen and oxygen atoms in total. The highest BCUT2D eigenvalue weighted by atomic mass is 16.6. The highest BCUT2D eigenvalue weighted by molar-refractivity contribution is 5.78. The van der Waals surface area contributed by atoms with Gasteiger partial charge < -0.3 is 14.8 Å². The van der Waals surface area contributed by atoms with Crippen molar-refractivity contribution in [3.63, 3.8) is 0 Å². The quantitative estimate of drug-likeness (QED) is 0.582. The molecule has 1 N–H and O–H groups in total. The third kappa shape index (κ3) is 4.39. The van der Waals surface area contributed by atoms with E-state index in [4.69, 9.17) is 4.74 Å². The average Bonchev–Trinajstić information content (AvgIpc) is 3.03. The SMILES string of the molecule is C=CCCC(C)(C)OC(=O)NC1CC1C(=O)OC. The summed E-state index contributed by atoms with van der Waals surface area (Å²) in [6, 6.07) is -0.153. The summed E-state index contributed by atoms with van der Waals surface area (Å²) >= 11 is 0. The van der Waals surface area contributed by atoms with Crippen LogP contribution in [0.5, 0.6) is 0 Å². The van der Waals surface area contributed by atoms with Crippen LogP contribution in [0.15, 0.2) is 12.7 Å². The minimum Gasteiger partial charge on any atom is -0.469 e.